The van der Waals surface area contributed by atoms with Crippen LogP contribution in [0.25, 0.3) is 0 Å². The van der Waals surface area contributed by atoms with Gasteiger partial charge in [-0.2, -0.15) is 4.21 Å². The number of hydrogen-bond acceptors (Lipinski definition) is 2. The molecule has 0 bridgehead atoms. The predicted octanol–water partition coefficient (Wildman–Crippen LogP) is 3.82. The van der Waals surface area contributed by atoms with E-state index in [0.717, 1.165) is 11.4 Å². The fourth-order valence-corrected chi connectivity index (χ4v) is 5.03. The molecule has 3 nitrogen and oxygen atoms in total. The predicted molar refractivity (Wildman–Crippen MR) is 87.2 cm³/mol. The first-order chi connectivity index (χ1) is 9.79. The fourth-order valence-electron chi connectivity index (χ4n) is 3.22. The molecule has 1 aliphatic rings. The Labute approximate surface area is 131 Å². The lowest BCUT2D eigenvalue weighted by atomic mass is 10.0. The average Bonchev–Trinajstić information content (AvgIpc) is 2.74. The molecule has 4 heteroatoms. The van der Waals surface area contributed by atoms with Crippen LogP contribution in [-0.2, 0) is 15.7 Å². The number of ether oxygens (including phenoxy) is 1. The molecule has 1 aromatic rings. The van der Waals surface area contributed by atoms with Gasteiger partial charge in [-0.15, -0.1) is 0 Å². The van der Waals surface area contributed by atoms with Crippen LogP contribution in [0.1, 0.15) is 53.0 Å². The van der Waals surface area contributed by atoms with Gasteiger partial charge in [0.1, 0.15) is 12.6 Å². The molecule has 1 aliphatic heterocycles. The van der Waals surface area contributed by atoms with Gasteiger partial charge >= 0.3 is 0 Å². The Bertz CT molecular complexity index is 512. The molecule has 0 spiro atoms. The topological polar surface area (TPSA) is 26.3 Å². The van der Waals surface area contributed by atoms with Crippen molar-refractivity contribution in [2.45, 2.75) is 70.7 Å². The molecule has 118 valence electrons. The molecule has 0 aromatic heterocycles. The van der Waals surface area contributed by atoms with Crippen LogP contribution >= 0.6 is 0 Å². The summed E-state index contributed by atoms with van der Waals surface area (Å²) in [6.45, 7) is 13.5. The van der Waals surface area contributed by atoms with E-state index < -0.39 is 11.0 Å². The first kappa shape index (κ1) is 16.7. The van der Waals surface area contributed by atoms with Gasteiger partial charge < -0.3 is 4.74 Å². The molecule has 4 unspecified atom stereocenters. The molecule has 21 heavy (non-hydrogen) atoms. The summed E-state index contributed by atoms with van der Waals surface area (Å²) in [4.78, 5) is 0.901. The van der Waals surface area contributed by atoms with Crippen LogP contribution in [0.5, 0.6) is 0 Å². The summed E-state index contributed by atoms with van der Waals surface area (Å²) in [5, 5.41) is 0. The largest absolute Gasteiger partial charge is 0.320 e. The molecule has 1 aromatic carbocycles. The molecule has 4 atom stereocenters. The van der Waals surface area contributed by atoms with Gasteiger partial charge in [0.05, 0.1) is 10.9 Å². The number of nitrogens with zero attached hydrogens (tertiary/aromatic N) is 1. The third-order valence-corrected chi connectivity index (χ3v) is 6.68. The van der Waals surface area contributed by atoms with Gasteiger partial charge in [0.25, 0.3) is 0 Å². The minimum Gasteiger partial charge on any atom is -0.320 e. The van der Waals surface area contributed by atoms with Crippen molar-refractivity contribution in [2.75, 3.05) is 6.54 Å². The van der Waals surface area contributed by atoms with E-state index in [1.165, 1.54) is 5.56 Å². The summed E-state index contributed by atoms with van der Waals surface area (Å²) < 4.78 is 19.7. The minimum absolute atomic E-state index is 0.0365. The minimum atomic E-state index is -1.11. The molecule has 1 saturated heterocycles. The molecule has 0 radical (unpaired) electrons. The van der Waals surface area contributed by atoms with Crippen LogP contribution in [0.15, 0.2) is 29.2 Å². The Morgan fingerprint density at radius 1 is 1.14 bits per heavy atom. The molecular formula is C17H28NO2S+. The van der Waals surface area contributed by atoms with E-state index >= 15 is 0 Å². The first-order valence-corrected chi connectivity index (χ1v) is 8.95. The van der Waals surface area contributed by atoms with Gasteiger partial charge in [-0.1, -0.05) is 26.0 Å². The maximum absolute atomic E-state index is 13.3. The summed E-state index contributed by atoms with van der Waals surface area (Å²) in [7, 11) is -1.11. The van der Waals surface area contributed by atoms with E-state index in [1.807, 2.05) is 19.1 Å². The summed E-state index contributed by atoms with van der Waals surface area (Å²) in [5.74, 6) is 0.495. The summed E-state index contributed by atoms with van der Waals surface area (Å²) in [5.41, 5.74) is 1.28. The molecule has 1 fully saturated rings. The molecule has 2 rings (SSSR count). The van der Waals surface area contributed by atoms with E-state index in [4.69, 9.17) is 4.74 Å². The quantitative estimate of drug-likeness (QED) is 0.790. The van der Waals surface area contributed by atoms with E-state index in [9.17, 15) is 4.21 Å². The summed E-state index contributed by atoms with van der Waals surface area (Å²) in [6.07, 6.45) is 0.117. The second-order valence-electron chi connectivity index (χ2n) is 6.65. The Balaban J connectivity index is 2.36. The summed E-state index contributed by atoms with van der Waals surface area (Å²) in [6, 6.07) is 8.49. The lowest BCUT2D eigenvalue weighted by molar-refractivity contribution is -0.848. The van der Waals surface area contributed by atoms with Crippen LogP contribution in [0.4, 0.5) is 0 Å². The maximum atomic E-state index is 13.3. The third kappa shape index (κ3) is 2.94. The Morgan fingerprint density at radius 3 is 2.10 bits per heavy atom. The Kier molecular flexibility index (Phi) is 4.91. The van der Waals surface area contributed by atoms with Crippen LogP contribution in [-0.4, -0.2) is 33.0 Å². The van der Waals surface area contributed by atoms with Crippen molar-refractivity contribution in [2.24, 2.45) is 0 Å². The number of rotatable bonds is 4. The SMILES string of the molecule is CC1C[N+](C(C)C)(S(=O)c2ccc(C(C)C)cc2)C(C)O1. The first-order valence-electron chi connectivity index (χ1n) is 7.84. The number of quaternary nitrogens is 1. The lowest BCUT2D eigenvalue weighted by Crippen LogP contribution is -2.56. The van der Waals surface area contributed by atoms with E-state index in [-0.39, 0.29) is 18.4 Å². The fraction of sp³-hybridized carbons (Fsp3) is 0.647. The van der Waals surface area contributed by atoms with Gasteiger partial charge in [-0.25, -0.2) is 3.89 Å². The summed E-state index contributed by atoms with van der Waals surface area (Å²) >= 11 is 0. The lowest BCUT2D eigenvalue weighted by Gasteiger charge is -2.38. The van der Waals surface area contributed by atoms with Crippen molar-refractivity contribution in [3.8, 4) is 0 Å². The van der Waals surface area contributed by atoms with Gasteiger partial charge in [0.2, 0.25) is 17.2 Å². The van der Waals surface area contributed by atoms with Crippen LogP contribution < -0.4 is 0 Å². The van der Waals surface area contributed by atoms with Crippen molar-refractivity contribution < 1.29 is 12.8 Å². The molecule has 0 aliphatic carbocycles. The monoisotopic (exact) mass is 310 g/mol. The van der Waals surface area contributed by atoms with Gasteiger partial charge in [-0.3, -0.25) is 0 Å². The highest BCUT2D eigenvalue weighted by Crippen LogP contribution is 2.35. The van der Waals surface area contributed by atoms with Gasteiger partial charge in [0.15, 0.2) is 0 Å². The maximum Gasteiger partial charge on any atom is 0.242 e. The second-order valence-corrected chi connectivity index (χ2v) is 8.30. The molecule has 0 amide bonds. The molecular weight excluding hydrogens is 282 g/mol. The highest BCUT2D eigenvalue weighted by Gasteiger charge is 2.51. The van der Waals surface area contributed by atoms with E-state index in [0.29, 0.717) is 9.81 Å². The van der Waals surface area contributed by atoms with Crippen LogP contribution in [0.2, 0.25) is 0 Å². The van der Waals surface area contributed by atoms with Gasteiger partial charge in [0, 0.05) is 6.92 Å². The zero-order chi connectivity index (χ0) is 15.8. The van der Waals surface area contributed by atoms with E-state index in [2.05, 4.69) is 46.8 Å². The molecule has 1 heterocycles. The molecule has 0 N–H and O–H groups in total. The highest BCUT2D eigenvalue weighted by atomic mass is 32.2. The third-order valence-electron chi connectivity index (χ3n) is 4.52. The second kappa shape index (κ2) is 6.19. The normalized spacial score (nSPS) is 31.0. The smallest absolute Gasteiger partial charge is 0.242 e. The highest BCUT2D eigenvalue weighted by molar-refractivity contribution is 7.79. The number of benzene rings is 1. The van der Waals surface area contributed by atoms with E-state index in [1.54, 1.807) is 0 Å². The zero-order valence-corrected chi connectivity index (χ0v) is 14.8. The van der Waals surface area contributed by atoms with Crippen LogP contribution in [0, 0.1) is 0 Å². The van der Waals surface area contributed by atoms with Crippen molar-refractivity contribution in [3.63, 3.8) is 0 Å². The van der Waals surface area contributed by atoms with Crippen molar-refractivity contribution >= 4 is 11.0 Å². The van der Waals surface area contributed by atoms with Crippen molar-refractivity contribution in [3.05, 3.63) is 29.8 Å². The molecule has 0 saturated carbocycles. The Morgan fingerprint density at radius 2 is 1.71 bits per heavy atom. The zero-order valence-electron chi connectivity index (χ0n) is 14.0. The van der Waals surface area contributed by atoms with Crippen molar-refractivity contribution in [1.29, 1.82) is 0 Å². The van der Waals surface area contributed by atoms with Crippen LogP contribution in [0.3, 0.4) is 0 Å². The average molecular weight is 310 g/mol. The Hall–Kier alpha value is -0.710. The number of hydrogen-bond donors (Lipinski definition) is 0. The van der Waals surface area contributed by atoms with Gasteiger partial charge in [-0.05, 0) is 44.4 Å². The standard InChI is InChI=1S/C17H28NO2S/c1-12(2)16-7-9-17(10-8-16)21(19)18(13(3)4)11-14(5)20-15(18)6/h7-10,12-15H,11H2,1-6H3/q+1. The van der Waals surface area contributed by atoms with Crippen molar-refractivity contribution in [1.82, 2.24) is 0 Å².